The Morgan fingerprint density at radius 1 is 1.13 bits per heavy atom. The molecular formula is C17H13ClN2O3. The zero-order valence-corrected chi connectivity index (χ0v) is 12.7. The van der Waals surface area contributed by atoms with E-state index in [1.807, 2.05) is 12.1 Å². The van der Waals surface area contributed by atoms with Crippen molar-refractivity contribution in [2.24, 2.45) is 0 Å². The molecule has 5 nitrogen and oxygen atoms in total. The first-order chi connectivity index (χ1) is 11.1. The number of aliphatic carboxylic acids is 1. The smallest absolute Gasteiger partial charge is 0.331 e. The van der Waals surface area contributed by atoms with E-state index in [0.29, 0.717) is 11.1 Å². The molecule has 3 aromatic rings. The molecule has 3 N–H and O–H groups in total. The van der Waals surface area contributed by atoms with Gasteiger partial charge >= 0.3 is 5.97 Å². The second-order valence-corrected chi connectivity index (χ2v) is 5.33. The first kappa shape index (κ1) is 15.1. The lowest BCUT2D eigenvalue weighted by molar-refractivity contribution is -0.138. The number of carbonyl (C=O) groups is 1. The number of carboxylic acid groups (broad SMARTS) is 1. The number of anilines is 1. The number of phenolic OH excluding ortho intramolecular Hbond substituents is 1. The lowest BCUT2D eigenvalue weighted by Gasteiger charge is -2.19. The van der Waals surface area contributed by atoms with Gasteiger partial charge in [-0.1, -0.05) is 41.9 Å². The molecule has 3 rings (SSSR count). The molecular weight excluding hydrogens is 316 g/mol. The topological polar surface area (TPSA) is 82.5 Å². The quantitative estimate of drug-likeness (QED) is 0.634. The zero-order valence-electron chi connectivity index (χ0n) is 11.9. The first-order valence-electron chi connectivity index (χ1n) is 6.88. The van der Waals surface area contributed by atoms with Crippen LogP contribution < -0.4 is 5.32 Å². The summed E-state index contributed by atoms with van der Waals surface area (Å²) in [7, 11) is 0. The van der Waals surface area contributed by atoms with Crippen molar-refractivity contribution in [3.63, 3.8) is 0 Å². The van der Waals surface area contributed by atoms with Crippen LogP contribution in [0, 0.1) is 0 Å². The van der Waals surface area contributed by atoms with Gasteiger partial charge in [-0.2, -0.15) is 0 Å². The van der Waals surface area contributed by atoms with Gasteiger partial charge in [0.2, 0.25) is 0 Å². The van der Waals surface area contributed by atoms with E-state index in [4.69, 9.17) is 11.6 Å². The number of carboxylic acids is 1. The van der Waals surface area contributed by atoms with Crippen LogP contribution in [0.25, 0.3) is 10.8 Å². The summed E-state index contributed by atoms with van der Waals surface area (Å²) in [5.41, 5.74) is 0.671. The molecule has 0 radical (unpaired) electrons. The molecule has 0 aliphatic heterocycles. The van der Waals surface area contributed by atoms with Crippen molar-refractivity contribution < 1.29 is 15.0 Å². The fourth-order valence-electron chi connectivity index (χ4n) is 2.49. The van der Waals surface area contributed by atoms with E-state index >= 15 is 0 Å². The number of hydrogen-bond acceptors (Lipinski definition) is 4. The highest BCUT2D eigenvalue weighted by atomic mass is 35.5. The molecule has 1 atom stereocenters. The molecule has 0 saturated heterocycles. The van der Waals surface area contributed by atoms with Gasteiger partial charge in [0, 0.05) is 11.8 Å². The van der Waals surface area contributed by atoms with Crippen LogP contribution in [0.1, 0.15) is 11.6 Å². The van der Waals surface area contributed by atoms with Gasteiger partial charge in [0.1, 0.15) is 5.75 Å². The number of fused-ring (bicyclic) bond motifs is 1. The Morgan fingerprint density at radius 3 is 2.65 bits per heavy atom. The number of aromatic hydroxyl groups is 1. The van der Waals surface area contributed by atoms with Gasteiger partial charge in [0.05, 0.1) is 5.69 Å². The van der Waals surface area contributed by atoms with Crippen molar-refractivity contribution >= 4 is 34.0 Å². The van der Waals surface area contributed by atoms with Gasteiger partial charge in [-0.25, -0.2) is 9.78 Å². The summed E-state index contributed by atoms with van der Waals surface area (Å²) in [6.45, 7) is 0. The molecule has 0 aliphatic rings. The highest BCUT2D eigenvalue weighted by Gasteiger charge is 2.26. The van der Waals surface area contributed by atoms with Gasteiger partial charge in [-0.3, -0.25) is 0 Å². The van der Waals surface area contributed by atoms with Crippen molar-refractivity contribution in [2.75, 3.05) is 5.32 Å². The highest BCUT2D eigenvalue weighted by Crippen LogP contribution is 2.35. The molecule has 0 saturated carbocycles. The second kappa shape index (κ2) is 6.14. The number of nitrogens with one attached hydrogen (secondary N) is 1. The molecule has 1 unspecified atom stereocenters. The average Bonchev–Trinajstić information content (AvgIpc) is 2.54. The van der Waals surface area contributed by atoms with Crippen molar-refractivity contribution in [2.45, 2.75) is 6.04 Å². The van der Waals surface area contributed by atoms with Crippen molar-refractivity contribution in [3.8, 4) is 5.75 Å². The minimum absolute atomic E-state index is 0.0939. The summed E-state index contributed by atoms with van der Waals surface area (Å²) in [6.07, 6.45) is 1.51. The largest absolute Gasteiger partial charge is 0.508 e. The van der Waals surface area contributed by atoms with Crippen molar-refractivity contribution in [1.29, 1.82) is 0 Å². The lowest BCUT2D eigenvalue weighted by Crippen LogP contribution is -2.21. The maximum absolute atomic E-state index is 11.8. The molecule has 0 spiro atoms. The summed E-state index contributed by atoms with van der Waals surface area (Å²) < 4.78 is 0. The molecule has 0 fully saturated rings. The number of benzene rings is 2. The Bertz CT molecular complexity index is 883. The Hall–Kier alpha value is -2.79. The molecule has 1 heterocycles. The van der Waals surface area contributed by atoms with E-state index in [1.54, 1.807) is 30.3 Å². The number of phenols is 1. The first-order valence-corrected chi connectivity index (χ1v) is 7.26. The second-order valence-electron chi connectivity index (χ2n) is 4.98. The third kappa shape index (κ3) is 2.91. The summed E-state index contributed by atoms with van der Waals surface area (Å²) >= 11 is 5.99. The maximum atomic E-state index is 11.8. The normalized spacial score (nSPS) is 12.0. The standard InChI is InChI=1S/C17H13ClN2O3/c18-16-12(6-3-9-19-16)20-15(17(22)23)14-11-5-2-1-4-10(11)7-8-13(14)21/h1-9,15,20-21H,(H,22,23). The minimum Gasteiger partial charge on any atom is -0.508 e. The maximum Gasteiger partial charge on any atom is 0.331 e. The van der Waals surface area contributed by atoms with Crippen molar-refractivity contribution in [1.82, 2.24) is 4.98 Å². The molecule has 0 bridgehead atoms. The fourth-order valence-corrected chi connectivity index (χ4v) is 2.67. The lowest BCUT2D eigenvalue weighted by atomic mass is 9.97. The molecule has 0 amide bonds. The number of pyridine rings is 1. The Kier molecular flexibility index (Phi) is 4.04. The van der Waals surface area contributed by atoms with Crippen LogP contribution in [0.15, 0.2) is 54.7 Å². The molecule has 23 heavy (non-hydrogen) atoms. The summed E-state index contributed by atoms with van der Waals surface area (Å²) in [5, 5.41) is 24.4. The molecule has 6 heteroatoms. The van der Waals surface area contributed by atoms with Crippen LogP contribution in [-0.4, -0.2) is 21.2 Å². The fraction of sp³-hybridized carbons (Fsp3) is 0.0588. The third-order valence-corrected chi connectivity index (χ3v) is 3.84. The zero-order chi connectivity index (χ0) is 16.4. The predicted molar refractivity (Wildman–Crippen MR) is 88.9 cm³/mol. The van der Waals surface area contributed by atoms with E-state index < -0.39 is 12.0 Å². The van der Waals surface area contributed by atoms with Crippen molar-refractivity contribution in [3.05, 3.63) is 65.4 Å². The predicted octanol–water partition coefficient (Wildman–Crippen LogP) is 3.83. The summed E-state index contributed by atoms with van der Waals surface area (Å²) in [4.78, 5) is 15.7. The number of hydrogen-bond donors (Lipinski definition) is 3. The van der Waals surface area contributed by atoms with E-state index in [1.165, 1.54) is 12.3 Å². The van der Waals surface area contributed by atoms with E-state index in [9.17, 15) is 15.0 Å². The summed E-state index contributed by atoms with van der Waals surface area (Å²) in [6, 6.07) is 12.6. The van der Waals surface area contributed by atoms with Crippen LogP contribution >= 0.6 is 11.6 Å². The van der Waals surface area contributed by atoms with Crippen LogP contribution in [0.5, 0.6) is 5.75 Å². The van der Waals surface area contributed by atoms with Gasteiger partial charge in [-0.15, -0.1) is 0 Å². The highest BCUT2D eigenvalue weighted by molar-refractivity contribution is 6.32. The summed E-state index contributed by atoms with van der Waals surface area (Å²) in [5.74, 6) is -1.22. The van der Waals surface area contributed by atoms with E-state index in [2.05, 4.69) is 10.3 Å². The number of rotatable bonds is 4. The third-order valence-electron chi connectivity index (χ3n) is 3.54. The Labute approximate surface area is 137 Å². The van der Waals surface area contributed by atoms with Crippen LogP contribution in [0.4, 0.5) is 5.69 Å². The molecule has 0 aliphatic carbocycles. The monoisotopic (exact) mass is 328 g/mol. The molecule has 2 aromatic carbocycles. The number of aromatic nitrogens is 1. The van der Waals surface area contributed by atoms with Crippen LogP contribution in [0.3, 0.4) is 0 Å². The van der Waals surface area contributed by atoms with Gasteiger partial charge in [0.15, 0.2) is 11.2 Å². The SMILES string of the molecule is O=C(O)C(Nc1cccnc1Cl)c1c(O)ccc2ccccc12. The van der Waals surface area contributed by atoms with Crippen LogP contribution in [-0.2, 0) is 4.79 Å². The van der Waals surface area contributed by atoms with Crippen LogP contribution in [0.2, 0.25) is 5.15 Å². The average molecular weight is 329 g/mol. The molecule has 116 valence electrons. The van der Waals surface area contributed by atoms with E-state index in [0.717, 1.165) is 5.39 Å². The van der Waals surface area contributed by atoms with Gasteiger partial charge < -0.3 is 15.5 Å². The number of halogens is 1. The van der Waals surface area contributed by atoms with Gasteiger partial charge in [0.25, 0.3) is 0 Å². The minimum atomic E-state index is -1.16. The Balaban J connectivity index is 2.14. The van der Waals surface area contributed by atoms with Gasteiger partial charge in [-0.05, 0) is 29.0 Å². The Morgan fingerprint density at radius 2 is 1.91 bits per heavy atom. The molecule has 1 aromatic heterocycles. The van der Waals surface area contributed by atoms with E-state index in [-0.39, 0.29) is 16.5 Å². The number of nitrogens with zero attached hydrogens (tertiary/aromatic N) is 1.